The Morgan fingerprint density at radius 3 is 2.62 bits per heavy atom. The number of unbranched alkanes of at least 4 members (excludes halogenated alkanes) is 1. The fraction of sp³-hybridized carbons (Fsp3) is 0.517. The predicted molar refractivity (Wildman–Crippen MR) is 151 cm³/mol. The van der Waals surface area contributed by atoms with E-state index in [1.165, 1.54) is 6.08 Å². The van der Waals surface area contributed by atoms with Crippen LogP contribution in [0.15, 0.2) is 47.1 Å². The molecule has 0 aliphatic rings. The van der Waals surface area contributed by atoms with Crippen molar-refractivity contribution < 1.29 is 23.5 Å². The standard InChI is InChI=1S/C29H42N2O5S/c1-6-8-11-25(27(32)20-37-19-24-10-9-16-36-24)30-18-26(21(3)7-2)31-29(33)15-13-22-12-14-23(34-4)17-28(22)35-5/h9-10,12-17,21,25-26,30H,6-8,11,18-20H2,1-5H3,(H,31,33)/b15-13+. The molecule has 0 spiro atoms. The molecule has 3 atom stereocenters. The molecule has 0 bridgehead atoms. The van der Waals surface area contributed by atoms with Crippen LogP contribution < -0.4 is 20.1 Å². The second-order valence-corrected chi connectivity index (χ2v) is 10.1. The molecule has 0 saturated carbocycles. The Morgan fingerprint density at radius 2 is 1.97 bits per heavy atom. The minimum Gasteiger partial charge on any atom is -0.497 e. The number of ether oxygens (including phenoxy) is 2. The Morgan fingerprint density at radius 1 is 1.16 bits per heavy atom. The van der Waals surface area contributed by atoms with E-state index in [2.05, 4.69) is 31.4 Å². The van der Waals surface area contributed by atoms with E-state index in [1.807, 2.05) is 24.3 Å². The van der Waals surface area contributed by atoms with Crippen LogP contribution in [0.1, 0.15) is 57.8 Å². The number of Topliss-reactive ketones (excluding diaryl/α,β-unsaturated/α-hetero) is 1. The minimum atomic E-state index is -0.230. The van der Waals surface area contributed by atoms with E-state index in [0.717, 1.165) is 37.0 Å². The Bertz CT molecular complexity index is 977. The molecular weight excluding hydrogens is 488 g/mol. The molecule has 37 heavy (non-hydrogen) atoms. The SMILES string of the molecule is CCCCC(NCC(NC(=O)/C=C/c1ccc(OC)cc1OC)C(C)CC)C(=O)CSCc1ccco1. The van der Waals surface area contributed by atoms with Crippen LogP contribution in [0.5, 0.6) is 11.5 Å². The molecule has 1 aromatic carbocycles. The zero-order chi connectivity index (χ0) is 27.0. The molecule has 7 nitrogen and oxygen atoms in total. The van der Waals surface area contributed by atoms with Gasteiger partial charge in [-0.3, -0.25) is 9.59 Å². The van der Waals surface area contributed by atoms with Crippen molar-refractivity contribution in [2.45, 2.75) is 64.3 Å². The highest BCUT2D eigenvalue weighted by atomic mass is 32.2. The fourth-order valence-electron chi connectivity index (χ4n) is 3.83. The van der Waals surface area contributed by atoms with Crippen LogP contribution in [-0.4, -0.2) is 50.3 Å². The predicted octanol–water partition coefficient (Wildman–Crippen LogP) is 5.49. The van der Waals surface area contributed by atoms with Gasteiger partial charge in [0.05, 0.1) is 38.0 Å². The number of carbonyl (C=O) groups excluding carboxylic acids is 2. The number of amides is 1. The number of methoxy groups -OCH3 is 2. The molecule has 0 radical (unpaired) electrons. The van der Waals surface area contributed by atoms with Crippen LogP contribution in [0.2, 0.25) is 0 Å². The molecule has 0 saturated heterocycles. The number of hydrogen-bond donors (Lipinski definition) is 2. The Labute approximate surface area is 225 Å². The van der Waals surface area contributed by atoms with Crippen LogP contribution in [0.4, 0.5) is 0 Å². The van der Waals surface area contributed by atoms with Crippen molar-refractivity contribution in [1.82, 2.24) is 10.6 Å². The van der Waals surface area contributed by atoms with Crippen LogP contribution in [-0.2, 0) is 15.3 Å². The molecule has 3 unspecified atom stereocenters. The highest BCUT2D eigenvalue weighted by molar-refractivity contribution is 7.99. The first-order valence-corrected chi connectivity index (χ1v) is 14.1. The summed E-state index contributed by atoms with van der Waals surface area (Å²) >= 11 is 1.57. The van der Waals surface area contributed by atoms with Crippen molar-refractivity contribution >= 4 is 29.5 Å². The maximum absolute atomic E-state index is 13.0. The average molecular weight is 531 g/mol. The monoisotopic (exact) mass is 530 g/mol. The van der Waals surface area contributed by atoms with Gasteiger partial charge in [0.15, 0.2) is 5.78 Å². The van der Waals surface area contributed by atoms with Crippen LogP contribution in [0, 0.1) is 5.92 Å². The van der Waals surface area contributed by atoms with Gasteiger partial charge in [0.2, 0.25) is 5.91 Å². The normalized spacial score (nSPS) is 13.8. The minimum absolute atomic E-state index is 0.104. The van der Waals surface area contributed by atoms with E-state index in [1.54, 1.807) is 44.4 Å². The van der Waals surface area contributed by atoms with Gasteiger partial charge in [-0.05, 0) is 42.7 Å². The smallest absolute Gasteiger partial charge is 0.244 e. The molecule has 8 heteroatoms. The third-order valence-corrected chi connectivity index (χ3v) is 7.38. The number of benzene rings is 1. The molecule has 2 rings (SSSR count). The molecule has 1 amide bonds. The van der Waals surface area contributed by atoms with Gasteiger partial charge < -0.3 is 24.5 Å². The van der Waals surface area contributed by atoms with E-state index in [0.29, 0.717) is 29.5 Å². The first kappa shape index (κ1) is 30.5. The lowest BCUT2D eigenvalue weighted by atomic mass is 9.97. The maximum atomic E-state index is 13.0. The lowest BCUT2D eigenvalue weighted by molar-refractivity contribution is -0.118. The average Bonchev–Trinajstić information content (AvgIpc) is 3.44. The largest absolute Gasteiger partial charge is 0.497 e. The van der Waals surface area contributed by atoms with Crippen molar-refractivity contribution in [2.75, 3.05) is 26.5 Å². The Hall–Kier alpha value is -2.71. The van der Waals surface area contributed by atoms with Gasteiger partial charge in [-0.1, -0.05) is 40.0 Å². The number of hydrogen-bond acceptors (Lipinski definition) is 7. The summed E-state index contributed by atoms with van der Waals surface area (Å²) < 4.78 is 16.0. The molecule has 1 heterocycles. The van der Waals surface area contributed by atoms with Crippen molar-refractivity contribution in [3.05, 3.63) is 54.0 Å². The number of ketones is 1. The first-order chi connectivity index (χ1) is 17.9. The summed E-state index contributed by atoms with van der Waals surface area (Å²) in [5.74, 6) is 3.54. The molecule has 2 N–H and O–H groups in total. The van der Waals surface area contributed by atoms with Crippen molar-refractivity contribution in [3.8, 4) is 11.5 Å². The number of thioether (sulfide) groups is 1. The third-order valence-electron chi connectivity index (χ3n) is 6.40. The van der Waals surface area contributed by atoms with Gasteiger partial charge >= 0.3 is 0 Å². The summed E-state index contributed by atoms with van der Waals surface area (Å²) in [6.07, 6.45) is 8.60. The highest BCUT2D eigenvalue weighted by Crippen LogP contribution is 2.25. The maximum Gasteiger partial charge on any atom is 0.244 e. The molecule has 0 aliphatic heterocycles. The number of furan rings is 1. The zero-order valence-corrected chi connectivity index (χ0v) is 23.6. The number of rotatable bonds is 18. The second-order valence-electron chi connectivity index (χ2n) is 9.08. The van der Waals surface area contributed by atoms with E-state index in [4.69, 9.17) is 13.9 Å². The second kappa shape index (κ2) is 16.9. The molecule has 0 fully saturated rings. The van der Waals surface area contributed by atoms with Gasteiger partial charge in [-0.25, -0.2) is 0 Å². The zero-order valence-electron chi connectivity index (χ0n) is 22.8. The third kappa shape index (κ3) is 10.7. The Balaban J connectivity index is 1.97. The summed E-state index contributed by atoms with van der Waals surface area (Å²) in [7, 11) is 3.18. The van der Waals surface area contributed by atoms with Gasteiger partial charge in [-0.15, -0.1) is 11.8 Å². The van der Waals surface area contributed by atoms with Gasteiger partial charge in [-0.2, -0.15) is 0 Å². The van der Waals surface area contributed by atoms with Crippen LogP contribution in [0.3, 0.4) is 0 Å². The summed E-state index contributed by atoms with van der Waals surface area (Å²) in [6, 6.07) is 8.90. The molecule has 2 aromatic rings. The van der Waals surface area contributed by atoms with Crippen LogP contribution in [0.25, 0.3) is 6.08 Å². The topological polar surface area (TPSA) is 89.8 Å². The van der Waals surface area contributed by atoms with Gasteiger partial charge in [0, 0.05) is 30.3 Å². The quantitative estimate of drug-likeness (QED) is 0.246. The van der Waals surface area contributed by atoms with Crippen LogP contribution >= 0.6 is 11.8 Å². The lowest BCUT2D eigenvalue weighted by Gasteiger charge is -2.27. The summed E-state index contributed by atoms with van der Waals surface area (Å²) in [5, 5.41) is 6.59. The lowest BCUT2D eigenvalue weighted by Crippen LogP contribution is -2.49. The van der Waals surface area contributed by atoms with E-state index >= 15 is 0 Å². The fourth-order valence-corrected chi connectivity index (χ4v) is 4.70. The summed E-state index contributed by atoms with van der Waals surface area (Å²) in [5.41, 5.74) is 0.786. The van der Waals surface area contributed by atoms with E-state index in [9.17, 15) is 9.59 Å². The summed E-state index contributed by atoms with van der Waals surface area (Å²) in [4.78, 5) is 25.8. The summed E-state index contributed by atoms with van der Waals surface area (Å²) in [6.45, 7) is 6.88. The van der Waals surface area contributed by atoms with E-state index in [-0.39, 0.29) is 29.7 Å². The first-order valence-electron chi connectivity index (χ1n) is 13.0. The highest BCUT2D eigenvalue weighted by Gasteiger charge is 2.22. The number of nitrogens with one attached hydrogen (secondary N) is 2. The van der Waals surface area contributed by atoms with Gasteiger partial charge in [0.1, 0.15) is 17.3 Å². The number of carbonyl (C=O) groups is 2. The molecule has 1 aromatic heterocycles. The molecule has 0 aliphatic carbocycles. The van der Waals surface area contributed by atoms with Gasteiger partial charge in [0.25, 0.3) is 0 Å². The van der Waals surface area contributed by atoms with Crippen molar-refractivity contribution in [1.29, 1.82) is 0 Å². The van der Waals surface area contributed by atoms with Crippen molar-refractivity contribution in [2.24, 2.45) is 5.92 Å². The molecule has 204 valence electrons. The Kier molecular flexibility index (Phi) is 14.0. The van der Waals surface area contributed by atoms with E-state index < -0.39 is 0 Å². The van der Waals surface area contributed by atoms with Crippen molar-refractivity contribution in [3.63, 3.8) is 0 Å². The molecular formula is C29H42N2O5S.